The highest BCUT2D eigenvalue weighted by Crippen LogP contribution is 2.25. The molecule has 0 saturated carbocycles. The molecule has 1 unspecified atom stereocenters. The van der Waals surface area contributed by atoms with Gasteiger partial charge in [-0.05, 0) is 25.2 Å². The topological polar surface area (TPSA) is 93.5 Å². The molecule has 21 heavy (non-hydrogen) atoms. The van der Waals surface area contributed by atoms with Crippen LogP contribution in [-0.4, -0.2) is 31.5 Å². The van der Waals surface area contributed by atoms with E-state index in [1.54, 1.807) is 0 Å². The number of allylic oxidation sites excluding steroid dienone is 1. The second kappa shape index (κ2) is 10.3. The zero-order chi connectivity index (χ0) is 16.3. The number of carbonyl (C=O) groups is 2. The molecule has 6 heteroatoms. The van der Waals surface area contributed by atoms with Crippen molar-refractivity contribution < 1.29 is 14.4 Å². The monoisotopic (exact) mass is 299 g/mol. The highest BCUT2D eigenvalue weighted by molar-refractivity contribution is 5.80. The molecule has 1 atom stereocenters. The molecule has 0 aliphatic carbocycles. The summed E-state index contributed by atoms with van der Waals surface area (Å²) in [5.41, 5.74) is 0.0950. The van der Waals surface area contributed by atoms with E-state index in [0.29, 0.717) is 19.5 Å². The van der Waals surface area contributed by atoms with Crippen molar-refractivity contribution in [2.75, 3.05) is 19.7 Å². The molecule has 0 spiro atoms. The van der Waals surface area contributed by atoms with E-state index in [-0.39, 0.29) is 29.8 Å². The van der Waals surface area contributed by atoms with E-state index < -0.39 is 0 Å². The van der Waals surface area contributed by atoms with Crippen LogP contribution in [0.1, 0.15) is 40.5 Å². The summed E-state index contributed by atoms with van der Waals surface area (Å²) in [6.07, 6.45) is 5.30. The average Bonchev–Trinajstić information content (AvgIpc) is 2.36. The van der Waals surface area contributed by atoms with E-state index >= 15 is 0 Å². The van der Waals surface area contributed by atoms with Crippen LogP contribution in [0.2, 0.25) is 0 Å². The first-order valence-electron chi connectivity index (χ1n) is 7.29. The zero-order valence-electron chi connectivity index (χ0n) is 13.6. The van der Waals surface area contributed by atoms with Crippen molar-refractivity contribution in [2.45, 2.75) is 40.5 Å². The Balaban J connectivity index is 4.01. The van der Waals surface area contributed by atoms with Gasteiger partial charge in [-0.3, -0.25) is 14.4 Å². The Bertz CT molecular complexity index is 349. The van der Waals surface area contributed by atoms with Crippen molar-refractivity contribution in [2.24, 2.45) is 17.2 Å². The quantitative estimate of drug-likeness (QED) is 0.338. The van der Waals surface area contributed by atoms with Crippen molar-refractivity contribution in [1.82, 2.24) is 10.6 Å². The second-order valence-electron chi connectivity index (χ2n) is 6.20. The SMILES string of the molecule is CC=CC(CC(C)(C)C)C(=O)NCCCNC(=O)CON. The van der Waals surface area contributed by atoms with Gasteiger partial charge >= 0.3 is 0 Å². The van der Waals surface area contributed by atoms with Crippen molar-refractivity contribution >= 4 is 11.8 Å². The van der Waals surface area contributed by atoms with E-state index in [4.69, 9.17) is 5.90 Å². The first-order valence-corrected chi connectivity index (χ1v) is 7.29. The molecule has 0 aliphatic heterocycles. The molecule has 0 aromatic rings. The molecule has 0 fully saturated rings. The Morgan fingerprint density at radius 2 is 1.86 bits per heavy atom. The van der Waals surface area contributed by atoms with Gasteiger partial charge in [0.1, 0.15) is 6.61 Å². The van der Waals surface area contributed by atoms with Crippen LogP contribution >= 0.6 is 0 Å². The Morgan fingerprint density at radius 1 is 1.24 bits per heavy atom. The fourth-order valence-electron chi connectivity index (χ4n) is 1.93. The minimum Gasteiger partial charge on any atom is -0.356 e. The number of hydrogen-bond acceptors (Lipinski definition) is 4. The summed E-state index contributed by atoms with van der Waals surface area (Å²) in [6, 6.07) is 0. The van der Waals surface area contributed by atoms with Gasteiger partial charge in [0.15, 0.2) is 0 Å². The Morgan fingerprint density at radius 3 is 2.38 bits per heavy atom. The van der Waals surface area contributed by atoms with Crippen LogP contribution in [0, 0.1) is 11.3 Å². The van der Waals surface area contributed by atoms with Crippen molar-refractivity contribution in [1.29, 1.82) is 0 Å². The molecule has 6 nitrogen and oxygen atoms in total. The standard InChI is InChI=1S/C15H29N3O3/c1-5-7-12(10-15(2,3)4)14(20)18-9-6-8-17-13(19)11-21-16/h5,7,12H,6,8-11,16H2,1-4H3,(H,17,19)(H,18,20). The fraction of sp³-hybridized carbons (Fsp3) is 0.733. The van der Waals surface area contributed by atoms with Crippen LogP contribution < -0.4 is 16.5 Å². The molecule has 0 saturated heterocycles. The lowest BCUT2D eigenvalue weighted by atomic mass is 9.84. The zero-order valence-corrected chi connectivity index (χ0v) is 13.6. The lowest BCUT2D eigenvalue weighted by Gasteiger charge is -2.23. The molecule has 122 valence electrons. The van der Waals surface area contributed by atoms with Gasteiger partial charge in [-0.1, -0.05) is 32.9 Å². The minimum atomic E-state index is -0.261. The van der Waals surface area contributed by atoms with Gasteiger partial charge in [-0.15, -0.1) is 0 Å². The summed E-state index contributed by atoms with van der Waals surface area (Å²) in [4.78, 5) is 27.4. The average molecular weight is 299 g/mol. The van der Waals surface area contributed by atoms with Gasteiger partial charge < -0.3 is 10.6 Å². The second-order valence-corrected chi connectivity index (χ2v) is 6.20. The molecule has 0 radical (unpaired) electrons. The molecular weight excluding hydrogens is 270 g/mol. The van der Waals surface area contributed by atoms with Gasteiger partial charge in [0.05, 0.1) is 5.92 Å². The van der Waals surface area contributed by atoms with Crippen LogP contribution in [0.15, 0.2) is 12.2 Å². The molecule has 0 aromatic heterocycles. The van der Waals surface area contributed by atoms with Crippen LogP contribution in [0.25, 0.3) is 0 Å². The number of nitrogens with two attached hydrogens (primary N) is 1. The van der Waals surface area contributed by atoms with E-state index in [1.807, 2.05) is 19.1 Å². The summed E-state index contributed by atoms with van der Waals surface area (Å²) in [5, 5.41) is 5.54. The van der Waals surface area contributed by atoms with Crippen LogP contribution in [0.3, 0.4) is 0 Å². The molecule has 0 heterocycles. The normalized spacial score (nSPS) is 13.2. The van der Waals surface area contributed by atoms with Crippen molar-refractivity contribution in [3.63, 3.8) is 0 Å². The third-order valence-corrected chi connectivity index (χ3v) is 2.78. The molecular formula is C15H29N3O3. The predicted molar refractivity (Wildman–Crippen MR) is 83.2 cm³/mol. The first-order chi connectivity index (χ1) is 9.80. The number of nitrogens with one attached hydrogen (secondary N) is 2. The van der Waals surface area contributed by atoms with Gasteiger partial charge in [-0.2, -0.15) is 0 Å². The highest BCUT2D eigenvalue weighted by atomic mass is 16.6. The van der Waals surface area contributed by atoms with Gasteiger partial charge in [0.25, 0.3) is 0 Å². The van der Waals surface area contributed by atoms with Gasteiger partial charge in [0.2, 0.25) is 11.8 Å². The molecule has 4 N–H and O–H groups in total. The summed E-state index contributed by atoms with van der Waals surface area (Å²) in [6.45, 7) is 9.12. The lowest BCUT2D eigenvalue weighted by molar-refractivity contribution is -0.125. The molecule has 0 rings (SSSR count). The third kappa shape index (κ3) is 11.0. The van der Waals surface area contributed by atoms with E-state index in [0.717, 1.165) is 6.42 Å². The van der Waals surface area contributed by atoms with E-state index in [9.17, 15) is 9.59 Å². The smallest absolute Gasteiger partial charge is 0.248 e. The maximum Gasteiger partial charge on any atom is 0.248 e. The Hall–Kier alpha value is -1.40. The van der Waals surface area contributed by atoms with Crippen LogP contribution in [-0.2, 0) is 14.4 Å². The lowest BCUT2D eigenvalue weighted by Crippen LogP contribution is -2.35. The number of hydrogen-bond donors (Lipinski definition) is 3. The molecule has 0 aromatic carbocycles. The number of amides is 2. The maximum atomic E-state index is 12.1. The summed E-state index contributed by atoms with van der Waals surface area (Å²) < 4.78 is 0. The van der Waals surface area contributed by atoms with Crippen LogP contribution in [0.4, 0.5) is 0 Å². The minimum absolute atomic E-state index is 0.0274. The van der Waals surface area contributed by atoms with E-state index in [1.165, 1.54) is 0 Å². The van der Waals surface area contributed by atoms with Gasteiger partial charge in [-0.25, -0.2) is 5.90 Å². The number of rotatable bonds is 9. The van der Waals surface area contributed by atoms with Crippen molar-refractivity contribution in [3.8, 4) is 0 Å². The first kappa shape index (κ1) is 19.6. The fourth-order valence-corrected chi connectivity index (χ4v) is 1.93. The molecule has 2 amide bonds. The van der Waals surface area contributed by atoms with Gasteiger partial charge in [0, 0.05) is 13.1 Å². The highest BCUT2D eigenvalue weighted by Gasteiger charge is 2.22. The Labute approximate surface area is 127 Å². The maximum absolute atomic E-state index is 12.1. The predicted octanol–water partition coefficient (Wildman–Crippen LogP) is 1.13. The Kier molecular flexibility index (Phi) is 9.65. The third-order valence-electron chi connectivity index (χ3n) is 2.78. The van der Waals surface area contributed by atoms with E-state index in [2.05, 4.69) is 36.2 Å². The largest absolute Gasteiger partial charge is 0.356 e. The molecule has 0 bridgehead atoms. The van der Waals surface area contributed by atoms with Crippen LogP contribution in [0.5, 0.6) is 0 Å². The number of carbonyl (C=O) groups excluding carboxylic acids is 2. The molecule has 0 aliphatic rings. The summed E-state index contributed by atoms with van der Waals surface area (Å²) in [5.74, 6) is 4.44. The summed E-state index contributed by atoms with van der Waals surface area (Å²) >= 11 is 0. The summed E-state index contributed by atoms with van der Waals surface area (Å²) in [7, 11) is 0. The van der Waals surface area contributed by atoms with Crippen molar-refractivity contribution in [3.05, 3.63) is 12.2 Å².